The molecular formula is C14H12FN3S. The Bertz CT molecular complexity index is 775. The number of aryl methyl sites for hydroxylation is 2. The zero-order valence-electron chi connectivity index (χ0n) is 10.1. The predicted octanol–water partition coefficient (Wildman–Crippen LogP) is 3.48. The Morgan fingerprint density at radius 1 is 1.26 bits per heavy atom. The first-order chi connectivity index (χ1) is 9.25. The zero-order valence-corrected chi connectivity index (χ0v) is 11.0. The van der Waals surface area contributed by atoms with Crippen LogP contribution in [-0.2, 0) is 13.0 Å². The van der Waals surface area contributed by atoms with E-state index in [1.54, 1.807) is 24.5 Å². The smallest absolute Gasteiger partial charge is 0.178 e. The third-order valence-electron chi connectivity index (χ3n) is 3.14. The molecule has 0 bridgehead atoms. The van der Waals surface area contributed by atoms with Crippen LogP contribution in [0, 0.1) is 10.6 Å². The number of benzene rings is 1. The lowest BCUT2D eigenvalue weighted by molar-refractivity contribution is 0.595. The minimum atomic E-state index is -0.171. The number of hydrogen-bond acceptors (Lipinski definition) is 2. The molecule has 96 valence electrons. The van der Waals surface area contributed by atoms with E-state index in [-0.39, 0.29) is 5.82 Å². The number of imidazole rings is 1. The molecule has 3 nitrogen and oxygen atoms in total. The maximum Gasteiger partial charge on any atom is 0.178 e. The normalized spacial score (nSPS) is 11.0. The van der Waals surface area contributed by atoms with E-state index in [1.807, 2.05) is 16.7 Å². The summed E-state index contributed by atoms with van der Waals surface area (Å²) in [6.07, 6.45) is 4.07. The second kappa shape index (κ2) is 4.93. The molecule has 0 saturated carbocycles. The van der Waals surface area contributed by atoms with Crippen molar-refractivity contribution in [3.63, 3.8) is 0 Å². The van der Waals surface area contributed by atoms with Gasteiger partial charge in [-0.25, -0.2) is 4.39 Å². The van der Waals surface area contributed by atoms with Crippen LogP contribution in [-0.4, -0.2) is 14.5 Å². The molecule has 0 aliphatic carbocycles. The fraction of sp³-hybridized carbons (Fsp3) is 0.143. The van der Waals surface area contributed by atoms with Crippen LogP contribution in [0.4, 0.5) is 4.39 Å². The monoisotopic (exact) mass is 273 g/mol. The molecule has 0 fully saturated rings. The van der Waals surface area contributed by atoms with Crippen molar-refractivity contribution in [1.29, 1.82) is 0 Å². The quantitative estimate of drug-likeness (QED) is 0.741. The molecule has 0 amide bonds. The molecule has 5 heteroatoms. The van der Waals surface area contributed by atoms with Crippen molar-refractivity contribution >= 4 is 23.3 Å². The third-order valence-corrected chi connectivity index (χ3v) is 3.46. The van der Waals surface area contributed by atoms with Gasteiger partial charge in [0.25, 0.3) is 0 Å². The first kappa shape index (κ1) is 12.0. The maximum absolute atomic E-state index is 13.6. The molecule has 0 saturated heterocycles. The summed E-state index contributed by atoms with van der Waals surface area (Å²) >= 11 is 5.29. The highest BCUT2D eigenvalue weighted by molar-refractivity contribution is 7.71. The molecule has 1 N–H and O–H groups in total. The van der Waals surface area contributed by atoms with E-state index < -0.39 is 0 Å². The number of pyridine rings is 1. The average Bonchev–Trinajstić information content (AvgIpc) is 2.74. The number of aromatic nitrogens is 3. The van der Waals surface area contributed by atoms with Crippen LogP contribution in [0.15, 0.2) is 42.7 Å². The number of halogens is 1. The molecule has 0 spiro atoms. The predicted molar refractivity (Wildman–Crippen MR) is 75.0 cm³/mol. The highest BCUT2D eigenvalue weighted by atomic mass is 32.1. The van der Waals surface area contributed by atoms with Crippen molar-refractivity contribution in [2.24, 2.45) is 0 Å². The highest BCUT2D eigenvalue weighted by Crippen LogP contribution is 2.14. The summed E-state index contributed by atoms with van der Waals surface area (Å²) < 4.78 is 16.2. The molecule has 3 aromatic rings. The van der Waals surface area contributed by atoms with E-state index >= 15 is 0 Å². The molecule has 19 heavy (non-hydrogen) atoms. The van der Waals surface area contributed by atoms with Gasteiger partial charge in [-0.3, -0.25) is 4.98 Å². The second-order valence-electron chi connectivity index (χ2n) is 4.32. The first-order valence-corrected chi connectivity index (χ1v) is 6.42. The maximum atomic E-state index is 13.6. The first-order valence-electron chi connectivity index (χ1n) is 6.01. The standard InChI is InChI=1S/C14H12FN3S/c15-11-4-2-1-3-10(11)6-8-18-13-5-7-16-9-12(13)17-14(18)19/h1-5,7,9H,6,8H2,(H,17,19). The van der Waals surface area contributed by atoms with Crippen molar-refractivity contribution < 1.29 is 4.39 Å². The summed E-state index contributed by atoms with van der Waals surface area (Å²) in [5.41, 5.74) is 2.60. The topological polar surface area (TPSA) is 33.6 Å². The molecule has 0 aliphatic heterocycles. The lowest BCUT2D eigenvalue weighted by atomic mass is 10.1. The van der Waals surface area contributed by atoms with Gasteiger partial charge >= 0.3 is 0 Å². The Labute approximate surface area is 114 Å². The average molecular weight is 273 g/mol. The molecule has 0 unspecified atom stereocenters. The van der Waals surface area contributed by atoms with E-state index in [0.29, 0.717) is 23.3 Å². The van der Waals surface area contributed by atoms with Crippen LogP contribution in [0.2, 0.25) is 0 Å². The zero-order chi connectivity index (χ0) is 13.2. The summed E-state index contributed by atoms with van der Waals surface area (Å²) in [6, 6.07) is 8.73. The molecule has 2 aromatic heterocycles. The molecule has 1 aromatic carbocycles. The lowest BCUT2D eigenvalue weighted by Gasteiger charge is -2.05. The van der Waals surface area contributed by atoms with Crippen molar-refractivity contribution in [1.82, 2.24) is 14.5 Å². The van der Waals surface area contributed by atoms with Crippen LogP contribution in [0.25, 0.3) is 11.0 Å². The molecule has 3 rings (SSSR count). The Balaban J connectivity index is 1.92. The minimum absolute atomic E-state index is 0.171. The third kappa shape index (κ3) is 2.29. The van der Waals surface area contributed by atoms with Gasteiger partial charge in [0.1, 0.15) is 5.82 Å². The molecular weight excluding hydrogens is 261 g/mol. The van der Waals surface area contributed by atoms with Crippen LogP contribution in [0.1, 0.15) is 5.56 Å². The van der Waals surface area contributed by atoms with Crippen molar-refractivity contribution in [3.05, 3.63) is 58.9 Å². The summed E-state index contributed by atoms with van der Waals surface area (Å²) in [6.45, 7) is 0.643. The number of aromatic amines is 1. The van der Waals surface area contributed by atoms with Gasteiger partial charge in [-0.2, -0.15) is 0 Å². The fourth-order valence-corrected chi connectivity index (χ4v) is 2.47. The van der Waals surface area contributed by atoms with Crippen molar-refractivity contribution in [2.75, 3.05) is 0 Å². The second-order valence-corrected chi connectivity index (χ2v) is 4.70. The minimum Gasteiger partial charge on any atom is -0.329 e. The largest absolute Gasteiger partial charge is 0.329 e. The van der Waals surface area contributed by atoms with Crippen molar-refractivity contribution in [2.45, 2.75) is 13.0 Å². The van der Waals surface area contributed by atoms with Crippen LogP contribution >= 0.6 is 12.2 Å². The van der Waals surface area contributed by atoms with E-state index in [9.17, 15) is 4.39 Å². The number of rotatable bonds is 3. The Kier molecular flexibility index (Phi) is 3.13. The summed E-state index contributed by atoms with van der Waals surface area (Å²) in [5, 5.41) is 0. The summed E-state index contributed by atoms with van der Waals surface area (Å²) in [7, 11) is 0. The Hall–Kier alpha value is -2.01. The van der Waals surface area contributed by atoms with Gasteiger partial charge in [0.05, 0.1) is 17.2 Å². The van der Waals surface area contributed by atoms with Gasteiger partial charge in [-0.15, -0.1) is 0 Å². The van der Waals surface area contributed by atoms with Gasteiger partial charge in [0.15, 0.2) is 4.77 Å². The van der Waals surface area contributed by atoms with Crippen molar-refractivity contribution in [3.8, 4) is 0 Å². The fourth-order valence-electron chi connectivity index (χ4n) is 2.17. The van der Waals surface area contributed by atoms with Crippen LogP contribution < -0.4 is 0 Å². The number of hydrogen-bond donors (Lipinski definition) is 1. The van der Waals surface area contributed by atoms with E-state index in [4.69, 9.17) is 12.2 Å². The summed E-state index contributed by atoms with van der Waals surface area (Å²) in [4.78, 5) is 7.15. The van der Waals surface area contributed by atoms with Gasteiger partial charge < -0.3 is 9.55 Å². The molecule has 0 aliphatic rings. The van der Waals surface area contributed by atoms with E-state index in [2.05, 4.69) is 9.97 Å². The van der Waals surface area contributed by atoms with E-state index in [1.165, 1.54) is 6.07 Å². The van der Waals surface area contributed by atoms with Gasteiger partial charge in [0, 0.05) is 12.7 Å². The number of H-pyrrole nitrogens is 1. The SMILES string of the molecule is Fc1ccccc1CCn1c(=S)[nH]c2cnccc21. The van der Waals surface area contributed by atoms with Gasteiger partial charge in [-0.05, 0) is 36.3 Å². The van der Waals surface area contributed by atoms with Crippen LogP contribution in [0.3, 0.4) is 0 Å². The number of nitrogens with zero attached hydrogens (tertiary/aromatic N) is 2. The van der Waals surface area contributed by atoms with Gasteiger partial charge in [-0.1, -0.05) is 18.2 Å². The number of fused-ring (bicyclic) bond motifs is 1. The molecule has 0 atom stereocenters. The summed E-state index contributed by atoms with van der Waals surface area (Å²) in [5.74, 6) is -0.171. The highest BCUT2D eigenvalue weighted by Gasteiger charge is 2.06. The van der Waals surface area contributed by atoms with Crippen LogP contribution in [0.5, 0.6) is 0 Å². The lowest BCUT2D eigenvalue weighted by Crippen LogP contribution is -2.02. The number of nitrogens with one attached hydrogen (secondary N) is 1. The van der Waals surface area contributed by atoms with E-state index in [0.717, 1.165) is 11.0 Å². The Morgan fingerprint density at radius 3 is 2.95 bits per heavy atom. The van der Waals surface area contributed by atoms with Gasteiger partial charge in [0.2, 0.25) is 0 Å². The Morgan fingerprint density at radius 2 is 2.11 bits per heavy atom. The molecule has 2 heterocycles. The molecule has 0 radical (unpaired) electrons.